The highest BCUT2D eigenvalue weighted by Gasteiger charge is 2.04. The SMILES string of the molecule is BrCCCOc1ccc(SNCCCc2c[nH]c3ccc(Br)cc23)cc1. The first-order chi connectivity index (χ1) is 12.8. The summed E-state index contributed by atoms with van der Waals surface area (Å²) in [5.74, 6) is 0.931. The molecule has 1 aromatic heterocycles. The van der Waals surface area contributed by atoms with E-state index in [2.05, 4.69) is 78.1 Å². The summed E-state index contributed by atoms with van der Waals surface area (Å²) in [7, 11) is 0. The predicted molar refractivity (Wildman–Crippen MR) is 119 cm³/mol. The second-order valence-electron chi connectivity index (χ2n) is 5.97. The van der Waals surface area contributed by atoms with Gasteiger partial charge in [-0.15, -0.1) is 0 Å². The molecule has 0 radical (unpaired) electrons. The van der Waals surface area contributed by atoms with E-state index in [4.69, 9.17) is 4.74 Å². The number of aromatic amines is 1. The molecule has 6 heteroatoms. The number of aryl methyl sites for hydroxylation is 1. The van der Waals surface area contributed by atoms with E-state index in [-0.39, 0.29) is 0 Å². The van der Waals surface area contributed by atoms with Crippen LogP contribution in [0.15, 0.2) is 58.0 Å². The molecule has 0 aliphatic rings. The fraction of sp³-hybridized carbons (Fsp3) is 0.300. The fourth-order valence-electron chi connectivity index (χ4n) is 2.69. The van der Waals surface area contributed by atoms with Gasteiger partial charge in [0.15, 0.2) is 0 Å². The second-order valence-corrected chi connectivity index (χ2v) is 8.64. The average Bonchev–Trinajstić information content (AvgIpc) is 3.05. The van der Waals surface area contributed by atoms with Crippen LogP contribution in [0.4, 0.5) is 0 Å². The first-order valence-electron chi connectivity index (χ1n) is 8.70. The number of nitrogens with one attached hydrogen (secondary N) is 2. The third-order valence-electron chi connectivity index (χ3n) is 4.01. The maximum atomic E-state index is 5.66. The van der Waals surface area contributed by atoms with E-state index in [9.17, 15) is 0 Å². The summed E-state index contributed by atoms with van der Waals surface area (Å²) < 4.78 is 10.2. The molecule has 0 unspecified atom stereocenters. The van der Waals surface area contributed by atoms with E-state index in [1.165, 1.54) is 21.4 Å². The Hall–Kier alpha value is -0.950. The molecule has 0 spiro atoms. The molecule has 26 heavy (non-hydrogen) atoms. The molecule has 0 saturated heterocycles. The summed E-state index contributed by atoms with van der Waals surface area (Å²) in [6, 6.07) is 14.6. The molecule has 2 N–H and O–H groups in total. The van der Waals surface area contributed by atoms with Crippen LogP contribution in [0.25, 0.3) is 10.9 Å². The van der Waals surface area contributed by atoms with Crippen LogP contribution >= 0.6 is 43.8 Å². The maximum absolute atomic E-state index is 5.66. The van der Waals surface area contributed by atoms with Gasteiger partial charge in [0.2, 0.25) is 0 Å². The van der Waals surface area contributed by atoms with E-state index in [1.807, 2.05) is 12.1 Å². The molecule has 2 aromatic carbocycles. The number of benzene rings is 2. The lowest BCUT2D eigenvalue weighted by molar-refractivity contribution is 0.319. The number of ether oxygens (including phenoxy) is 1. The number of hydrogen-bond donors (Lipinski definition) is 2. The van der Waals surface area contributed by atoms with Crippen molar-refractivity contribution in [3.05, 3.63) is 58.7 Å². The van der Waals surface area contributed by atoms with Crippen LogP contribution in [0, 0.1) is 0 Å². The number of halogens is 2. The van der Waals surface area contributed by atoms with E-state index in [0.29, 0.717) is 0 Å². The molecule has 3 nitrogen and oxygen atoms in total. The lowest BCUT2D eigenvalue weighted by atomic mass is 10.1. The number of rotatable bonds is 10. The highest BCUT2D eigenvalue weighted by Crippen LogP contribution is 2.24. The minimum absolute atomic E-state index is 0.750. The average molecular weight is 498 g/mol. The molecular weight excluding hydrogens is 476 g/mol. The normalized spacial score (nSPS) is 11.2. The van der Waals surface area contributed by atoms with Gasteiger partial charge in [-0.05, 0) is 79.2 Å². The van der Waals surface area contributed by atoms with Crippen LogP contribution in [0.5, 0.6) is 5.75 Å². The lowest BCUT2D eigenvalue weighted by Crippen LogP contribution is -2.06. The van der Waals surface area contributed by atoms with E-state index in [0.717, 1.165) is 48.0 Å². The number of fused-ring (bicyclic) bond motifs is 1. The third-order valence-corrected chi connectivity index (χ3v) is 5.93. The van der Waals surface area contributed by atoms with Crippen molar-refractivity contribution >= 4 is 54.7 Å². The Morgan fingerprint density at radius 1 is 1.08 bits per heavy atom. The van der Waals surface area contributed by atoms with Gasteiger partial charge in [-0.1, -0.05) is 31.9 Å². The van der Waals surface area contributed by atoms with Crippen LogP contribution in [0.1, 0.15) is 18.4 Å². The van der Waals surface area contributed by atoms with Crippen molar-refractivity contribution in [2.24, 2.45) is 0 Å². The van der Waals surface area contributed by atoms with Crippen molar-refractivity contribution in [1.82, 2.24) is 9.71 Å². The largest absolute Gasteiger partial charge is 0.494 e. The number of aromatic nitrogens is 1. The Bertz CT molecular complexity index is 820. The van der Waals surface area contributed by atoms with Crippen molar-refractivity contribution in [2.45, 2.75) is 24.2 Å². The molecule has 1 heterocycles. The van der Waals surface area contributed by atoms with Gasteiger partial charge >= 0.3 is 0 Å². The monoisotopic (exact) mass is 496 g/mol. The summed E-state index contributed by atoms with van der Waals surface area (Å²) in [5.41, 5.74) is 2.57. The number of H-pyrrole nitrogens is 1. The van der Waals surface area contributed by atoms with Gasteiger partial charge in [-0.3, -0.25) is 4.72 Å². The van der Waals surface area contributed by atoms with Crippen molar-refractivity contribution in [3.8, 4) is 5.75 Å². The molecular formula is C20H22Br2N2OS. The van der Waals surface area contributed by atoms with Crippen molar-refractivity contribution < 1.29 is 4.74 Å². The fourth-order valence-corrected chi connectivity index (χ4v) is 3.97. The molecule has 0 bridgehead atoms. The van der Waals surface area contributed by atoms with Crippen molar-refractivity contribution in [3.63, 3.8) is 0 Å². The Balaban J connectivity index is 1.39. The third kappa shape index (κ3) is 5.78. The number of alkyl halides is 1. The Morgan fingerprint density at radius 3 is 2.73 bits per heavy atom. The predicted octanol–water partition coefficient (Wildman–Crippen LogP) is 6.32. The van der Waals surface area contributed by atoms with Crippen LogP contribution in [-0.4, -0.2) is 23.5 Å². The smallest absolute Gasteiger partial charge is 0.119 e. The van der Waals surface area contributed by atoms with Gasteiger partial charge in [0, 0.05) is 38.3 Å². The molecule has 0 amide bonds. The van der Waals surface area contributed by atoms with Gasteiger partial charge in [-0.2, -0.15) is 0 Å². The Labute approximate surface area is 175 Å². The van der Waals surface area contributed by atoms with E-state index in [1.54, 1.807) is 11.9 Å². The molecule has 0 aliphatic heterocycles. The zero-order valence-electron chi connectivity index (χ0n) is 14.4. The zero-order valence-corrected chi connectivity index (χ0v) is 18.4. The second kappa shape index (κ2) is 10.4. The first kappa shape index (κ1) is 19.8. The van der Waals surface area contributed by atoms with Gasteiger partial charge < -0.3 is 9.72 Å². The van der Waals surface area contributed by atoms with E-state index >= 15 is 0 Å². The highest BCUT2D eigenvalue weighted by atomic mass is 79.9. The van der Waals surface area contributed by atoms with Crippen molar-refractivity contribution in [2.75, 3.05) is 18.5 Å². The Morgan fingerprint density at radius 2 is 1.92 bits per heavy atom. The molecule has 0 saturated carbocycles. The molecule has 3 rings (SSSR count). The summed E-state index contributed by atoms with van der Waals surface area (Å²) in [5, 5.41) is 2.28. The summed E-state index contributed by atoms with van der Waals surface area (Å²) in [6.45, 7) is 1.72. The quantitative estimate of drug-likeness (QED) is 0.195. The Kier molecular flexibility index (Phi) is 7.92. The van der Waals surface area contributed by atoms with Crippen molar-refractivity contribution in [1.29, 1.82) is 0 Å². The molecule has 138 valence electrons. The first-order valence-corrected chi connectivity index (χ1v) is 11.4. The van der Waals surface area contributed by atoms with E-state index < -0.39 is 0 Å². The molecule has 0 atom stereocenters. The lowest BCUT2D eigenvalue weighted by Gasteiger charge is -2.07. The van der Waals surface area contributed by atoms with Crippen LogP contribution in [-0.2, 0) is 6.42 Å². The minimum Gasteiger partial charge on any atom is -0.494 e. The van der Waals surface area contributed by atoms with Gasteiger partial charge in [0.05, 0.1) is 6.61 Å². The highest BCUT2D eigenvalue weighted by molar-refractivity contribution is 9.10. The topological polar surface area (TPSA) is 37.0 Å². The minimum atomic E-state index is 0.750. The molecule has 0 aliphatic carbocycles. The summed E-state index contributed by atoms with van der Waals surface area (Å²) >= 11 is 8.63. The standard InChI is InChI=1S/C20H22Br2N2OS/c21-10-2-12-25-17-5-7-18(8-6-17)26-24-11-1-3-15-14-23-20-9-4-16(22)13-19(15)20/h4-9,13-14,23-24H,1-3,10-12H2. The van der Waals surface area contributed by atoms with Crippen LogP contribution in [0.3, 0.4) is 0 Å². The van der Waals surface area contributed by atoms with Gasteiger partial charge in [-0.25, -0.2) is 0 Å². The van der Waals surface area contributed by atoms with Gasteiger partial charge in [0.1, 0.15) is 5.75 Å². The molecule has 0 fully saturated rings. The van der Waals surface area contributed by atoms with Gasteiger partial charge in [0.25, 0.3) is 0 Å². The van der Waals surface area contributed by atoms with Crippen LogP contribution in [0.2, 0.25) is 0 Å². The zero-order chi connectivity index (χ0) is 18.2. The van der Waals surface area contributed by atoms with Crippen LogP contribution < -0.4 is 9.46 Å². The maximum Gasteiger partial charge on any atom is 0.119 e. The number of hydrogen-bond acceptors (Lipinski definition) is 3. The molecule has 3 aromatic rings. The summed E-state index contributed by atoms with van der Waals surface area (Å²) in [6.07, 6.45) is 5.30. The summed E-state index contributed by atoms with van der Waals surface area (Å²) in [4.78, 5) is 4.55.